The van der Waals surface area contributed by atoms with Crippen molar-refractivity contribution in [3.8, 4) is 6.01 Å². The van der Waals surface area contributed by atoms with Crippen LogP contribution in [-0.2, 0) is 22.5 Å². The molecule has 1 aromatic heterocycles. The molecule has 3 aliphatic heterocycles. The van der Waals surface area contributed by atoms with Crippen molar-refractivity contribution in [3.05, 3.63) is 65.3 Å². The lowest BCUT2D eigenvalue weighted by Gasteiger charge is -2.45. The second kappa shape index (κ2) is 11.9. The maximum Gasteiger partial charge on any atom is 0.318 e. The first kappa shape index (κ1) is 29.7. The second-order valence-corrected chi connectivity index (χ2v) is 13.0. The van der Waals surface area contributed by atoms with Crippen LogP contribution in [0, 0.1) is 5.41 Å². The molecule has 2 aromatic carbocycles. The Bertz CT molecular complexity index is 1520. The summed E-state index contributed by atoms with van der Waals surface area (Å²) >= 11 is 6.72. The zero-order valence-electron chi connectivity index (χ0n) is 25.6. The van der Waals surface area contributed by atoms with Gasteiger partial charge in [-0.3, -0.25) is 4.79 Å². The van der Waals surface area contributed by atoms with E-state index in [9.17, 15) is 4.79 Å². The van der Waals surface area contributed by atoms with Crippen molar-refractivity contribution in [1.82, 2.24) is 19.8 Å². The molecule has 4 heterocycles. The topological polar surface area (TPSA) is 74.3 Å². The highest BCUT2D eigenvalue weighted by Crippen LogP contribution is 2.38. The van der Waals surface area contributed by atoms with Crippen molar-refractivity contribution >= 4 is 39.8 Å². The van der Waals surface area contributed by atoms with Gasteiger partial charge in [-0.05, 0) is 58.0 Å². The first-order chi connectivity index (χ1) is 20.7. The van der Waals surface area contributed by atoms with Crippen molar-refractivity contribution in [1.29, 1.82) is 0 Å². The highest BCUT2D eigenvalue weighted by atomic mass is 35.5. The highest BCUT2D eigenvalue weighted by Gasteiger charge is 2.41. The monoisotopic (exact) mass is 604 g/mol. The van der Waals surface area contributed by atoms with Crippen LogP contribution in [0.25, 0.3) is 10.8 Å². The largest absolute Gasteiger partial charge is 0.463 e. The number of hydrogen-bond acceptors (Lipinski definition) is 8. The van der Waals surface area contributed by atoms with Crippen LogP contribution < -0.4 is 14.5 Å². The molecule has 0 unspecified atom stereocenters. The number of hydrogen-bond donors (Lipinski definition) is 0. The van der Waals surface area contributed by atoms with E-state index in [2.05, 4.69) is 73.5 Å². The van der Waals surface area contributed by atoms with Gasteiger partial charge in [0.15, 0.2) is 0 Å². The predicted molar refractivity (Wildman–Crippen MR) is 171 cm³/mol. The number of aromatic nitrogens is 2. The summed E-state index contributed by atoms with van der Waals surface area (Å²) < 4.78 is 12.0. The summed E-state index contributed by atoms with van der Waals surface area (Å²) in [6.45, 7) is 13.3. The summed E-state index contributed by atoms with van der Waals surface area (Å²) in [7, 11) is 4.14. The number of rotatable bonds is 8. The standard InChI is InChI=1S/C33H41ClN6O3/c1-6-29(41)39-15-23(3)40(16-22(39)2)31-25-13-14-38(28-12-8-10-24-9-7-11-26(34)30(24)28)17-27(25)35-32(36-31)43-21-33(18-37(4)5)19-42-20-33/h6-12,22-23H,1,13-21H2,2-5H3/t22-,23-/m0/s1. The number of piperazine rings is 1. The number of benzene rings is 2. The Balaban J connectivity index is 1.35. The summed E-state index contributed by atoms with van der Waals surface area (Å²) in [5, 5.41) is 2.92. The number of carbonyl (C=O) groups is 1. The molecule has 3 aromatic rings. The van der Waals surface area contributed by atoms with E-state index in [4.69, 9.17) is 31.0 Å². The Morgan fingerprint density at radius 1 is 1.16 bits per heavy atom. The first-order valence-corrected chi connectivity index (χ1v) is 15.4. The Kier molecular flexibility index (Phi) is 8.24. The Morgan fingerprint density at radius 3 is 2.63 bits per heavy atom. The molecular weight excluding hydrogens is 564 g/mol. The van der Waals surface area contributed by atoms with E-state index in [0.29, 0.717) is 45.5 Å². The summed E-state index contributed by atoms with van der Waals surface area (Å²) in [5.74, 6) is 0.873. The van der Waals surface area contributed by atoms with Crippen molar-refractivity contribution in [3.63, 3.8) is 0 Å². The average molecular weight is 605 g/mol. The number of nitrogens with zero attached hydrogens (tertiary/aromatic N) is 6. The predicted octanol–water partition coefficient (Wildman–Crippen LogP) is 4.41. The van der Waals surface area contributed by atoms with Crippen LogP contribution in [0.3, 0.4) is 0 Å². The molecule has 0 saturated carbocycles. The van der Waals surface area contributed by atoms with Crippen molar-refractivity contribution in [2.75, 3.05) is 69.9 Å². The minimum atomic E-state index is -0.0762. The molecular formula is C33H41ClN6O3. The average Bonchev–Trinajstić information content (AvgIpc) is 2.98. The SMILES string of the molecule is C=CC(=O)N1C[C@H](C)N(c2nc(OCC3(CN(C)C)COC3)nc3c2CCN(c2cccc4cccc(Cl)c24)C3)C[C@@H]1C. The quantitative estimate of drug-likeness (QED) is 0.350. The number of anilines is 2. The van der Waals surface area contributed by atoms with Crippen molar-refractivity contribution in [2.24, 2.45) is 5.41 Å². The van der Waals surface area contributed by atoms with Crippen LogP contribution in [0.2, 0.25) is 5.02 Å². The van der Waals surface area contributed by atoms with E-state index >= 15 is 0 Å². The minimum absolute atomic E-state index is 0.0186. The molecule has 10 heteroatoms. The lowest BCUT2D eigenvalue weighted by atomic mass is 9.86. The Labute approximate surface area is 259 Å². The van der Waals surface area contributed by atoms with E-state index in [0.717, 1.165) is 58.1 Å². The van der Waals surface area contributed by atoms with Gasteiger partial charge in [0.1, 0.15) is 12.4 Å². The number of ether oxygens (including phenoxy) is 2. The molecule has 9 nitrogen and oxygen atoms in total. The Morgan fingerprint density at radius 2 is 1.93 bits per heavy atom. The van der Waals surface area contributed by atoms with Crippen LogP contribution in [0.5, 0.6) is 6.01 Å². The maximum absolute atomic E-state index is 12.5. The molecule has 0 bridgehead atoms. The fourth-order valence-electron chi connectivity index (χ4n) is 6.78. The third kappa shape index (κ3) is 5.78. The van der Waals surface area contributed by atoms with Crippen LogP contribution in [0.1, 0.15) is 25.1 Å². The first-order valence-electron chi connectivity index (χ1n) is 15.0. The van der Waals surface area contributed by atoms with Gasteiger partial charge in [-0.15, -0.1) is 0 Å². The van der Waals surface area contributed by atoms with E-state index in [1.165, 1.54) is 6.08 Å². The van der Waals surface area contributed by atoms with Gasteiger partial charge in [0.2, 0.25) is 5.91 Å². The smallest absolute Gasteiger partial charge is 0.318 e. The van der Waals surface area contributed by atoms with E-state index in [1.807, 2.05) is 17.0 Å². The van der Waals surface area contributed by atoms with Gasteiger partial charge < -0.3 is 29.1 Å². The number of amides is 1. The zero-order valence-corrected chi connectivity index (χ0v) is 26.3. The van der Waals surface area contributed by atoms with Gasteiger partial charge in [-0.2, -0.15) is 9.97 Å². The molecule has 3 aliphatic rings. The van der Waals surface area contributed by atoms with Crippen LogP contribution in [0.4, 0.5) is 11.5 Å². The lowest BCUT2D eigenvalue weighted by molar-refractivity contribution is -0.140. The zero-order chi connectivity index (χ0) is 30.3. The van der Waals surface area contributed by atoms with Gasteiger partial charge >= 0.3 is 6.01 Å². The van der Waals surface area contributed by atoms with Gasteiger partial charge in [0.25, 0.3) is 0 Å². The summed E-state index contributed by atoms with van der Waals surface area (Å²) in [5.41, 5.74) is 3.14. The fraction of sp³-hybridized carbons (Fsp3) is 0.485. The van der Waals surface area contributed by atoms with Crippen LogP contribution >= 0.6 is 11.6 Å². The van der Waals surface area contributed by atoms with Gasteiger partial charge in [-0.25, -0.2) is 0 Å². The molecule has 0 aliphatic carbocycles. The molecule has 2 saturated heterocycles. The van der Waals surface area contributed by atoms with Crippen LogP contribution in [0.15, 0.2) is 49.1 Å². The molecule has 0 spiro atoms. The summed E-state index contributed by atoms with van der Waals surface area (Å²) in [6.07, 6.45) is 2.19. The second-order valence-electron chi connectivity index (χ2n) is 12.6. The number of fused-ring (bicyclic) bond motifs is 2. The number of carbonyl (C=O) groups excluding carboxylic acids is 1. The molecule has 2 fully saturated rings. The summed E-state index contributed by atoms with van der Waals surface area (Å²) in [4.78, 5) is 31.4. The maximum atomic E-state index is 12.5. The van der Waals surface area contributed by atoms with E-state index in [-0.39, 0.29) is 23.4 Å². The molecule has 43 heavy (non-hydrogen) atoms. The molecule has 228 valence electrons. The van der Waals surface area contributed by atoms with Gasteiger partial charge in [-0.1, -0.05) is 42.4 Å². The Hall–Kier alpha value is -3.40. The van der Waals surface area contributed by atoms with Gasteiger partial charge in [0, 0.05) is 54.9 Å². The fourth-order valence-corrected chi connectivity index (χ4v) is 7.06. The van der Waals surface area contributed by atoms with Crippen LogP contribution in [-0.4, -0.2) is 97.9 Å². The molecule has 0 radical (unpaired) electrons. The molecule has 2 atom stereocenters. The summed E-state index contributed by atoms with van der Waals surface area (Å²) in [6, 6.07) is 12.8. The molecule has 6 rings (SSSR count). The normalized spacial score (nSPS) is 21.5. The molecule has 1 amide bonds. The van der Waals surface area contributed by atoms with Gasteiger partial charge in [0.05, 0.1) is 35.9 Å². The van der Waals surface area contributed by atoms with Crippen molar-refractivity contribution < 1.29 is 14.3 Å². The minimum Gasteiger partial charge on any atom is -0.463 e. The number of halogens is 1. The third-order valence-corrected chi connectivity index (χ3v) is 9.20. The van der Waals surface area contributed by atoms with Crippen molar-refractivity contribution in [2.45, 2.75) is 38.9 Å². The van der Waals surface area contributed by atoms with E-state index < -0.39 is 0 Å². The third-order valence-electron chi connectivity index (χ3n) is 8.89. The van der Waals surface area contributed by atoms with E-state index in [1.54, 1.807) is 0 Å². The lowest BCUT2D eigenvalue weighted by Crippen LogP contribution is -2.58. The molecule has 0 N–H and O–H groups in total. The highest BCUT2D eigenvalue weighted by molar-refractivity contribution is 6.36.